The van der Waals surface area contributed by atoms with Gasteiger partial charge in [0.1, 0.15) is 0 Å². The fourth-order valence-corrected chi connectivity index (χ4v) is 1.15. The molecule has 2 heterocycles. The Morgan fingerprint density at radius 2 is 2.33 bits per heavy atom. The Morgan fingerprint density at radius 1 is 1.42 bits per heavy atom. The molecule has 2 nitrogen and oxygen atoms in total. The van der Waals surface area contributed by atoms with E-state index >= 15 is 0 Å². The second kappa shape index (κ2) is 2.89. The molecule has 1 atom stereocenters. The molecule has 0 amide bonds. The molecule has 1 aromatic rings. The highest BCUT2D eigenvalue weighted by Gasteiger charge is 2.01. The summed E-state index contributed by atoms with van der Waals surface area (Å²) in [6.07, 6.45) is 9.74. The number of aromatic nitrogens is 1. The van der Waals surface area contributed by atoms with E-state index in [4.69, 9.17) is 0 Å². The van der Waals surface area contributed by atoms with Gasteiger partial charge in [-0.25, -0.2) is 0 Å². The average Bonchev–Trinajstić information content (AvgIpc) is 2.29. The molecular weight excluding hydrogens is 148 g/mol. The minimum atomic E-state index is 0.414. The predicted octanol–water partition coefficient (Wildman–Crippen LogP) is 2.45. The Balaban J connectivity index is 2.52. The first-order valence-electron chi connectivity index (χ1n) is 4.02. The van der Waals surface area contributed by atoms with E-state index in [0.29, 0.717) is 5.92 Å². The number of rotatable bonds is 0. The number of allylic oxidation sites excluding steroid dienone is 1. The van der Waals surface area contributed by atoms with Crippen LogP contribution in [-0.2, 0) is 0 Å². The van der Waals surface area contributed by atoms with Crippen LogP contribution < -0.4 is 0 Å². The van der Waals surface area contributed by atoms with Gasteiger partial charge in [-0.2, -0.15) is 0 Å². The second-order valence-electron chi connectivity index (χ2n) is 2.93. The van der Waals surface area contributed by atoms with Gasteiger partial charge in [-0.1, -0.05) is 19.1 Å². The highest BCUT2D eigenvalue weighted by molar-refractivity contribution is 5.76. The van der Waals surface area contributed by atoms with Gasteiger partial charge in [0, 0.05) is 30.1 Å². The van der Waals surface area contributed by atoms with Crippen LogP contribution in [0.2, 0.25) is 0 Å². The zero-order valence-corrected chi connectivity index (χ0v) is 6.94. The molecule has 12 heavy (non-hydrogen) atoms. The minimum Gasteiger partial charge on any atom is -0.264 e. The number of nitrogens with zero attached hydrogens (tertiary/aromatic N) is 2. The summed E-state index contributed by atoms with van der Waals surface area (Å²) in [5.41, 5.74) is 2.10. The fourth-order valence-electron chi connectivity index (χ4n) is 1.15. The van der Waals surface area contributed by atoms with Gasteiger partial charge in [-0.15, -0.1) is 0 Å². The smallest absolute Gasteiger partial charge is 0.0728 e. The number of fused-ring (bicyclic) bond motifs is 1. The molecule has 1 aliphatic heterocycles. The van der Waals surface area contributed by atoms with Crippen LogP contribution in [0.15, 0.2) is 29.5 Å². The molecule has 0 saturated carbocycles. The van der Waals surface area contributed by atoms with Crippen LogP contribution in [0.1, 0.15) is 12.5 Å². The number of hydrogen-bond donors (Lipinski definition) is 0. The Labute approximate surface area is 71.7 Å². The molecule has 2 rings (SSSR count). The summed E-state index contributed by atoms with van der Waals surface area (Å²) in [7, 11) is 0. The van der Waals surface area contributed by atoms with Crippen molar-refractivity contribution in [2.45, 2.75) is 6.92 Å². The predicted molar refractivity (Wildman–Crippen MR) is 50.6 cm³/mol. The molecular formula is C10H10N2. The lowest BCUT2D eigenvalue weighted by molar-refractivity contribution is 1.04. The van der Waals surface area contributed by atoms with Crippen LogP contribution in [-0.4, -0.2) is 11.2 Å². The average molecular weight is 158 g/mol. The monoisotopic (exact) mass is 158 g/mol. The largest absolute Gasteiger partial charge is 0.264 e. The first kappa shape index (κ1) is 7.22. The molecule has 0 fully saturated rings. The van der Waals surface area contributed by atoms with Gasteiger partial charge in [0.25, 0.3) is 0 Å². The van der Waals surface area contributed by atoms with Crippen LogP contribution in [0, 0.1) is 5.92 Å². The summed E-state index contributed by atoms with van der Waals surface area (Å²) in [6, 6.07) is 1.92. The zero-order valence-electron chi connectivity index (χ0n) is 6.94. The highest BCUT2D eigenvalue weighted by atomic mass is 14.7. The fraction of sp³-hybridized carbons (Fsp3) is 0.200. The normalized spacial score (nSPS) is 20.2. The first-order valence-corrected chi connectivity index (χ1v) is 4.02. The molecule has 0 aromatic carbocycles. The van der Waals surface area contributed by atoms with Crippen molar-refractivity contribution in [2.75, 3.05) is 0 Å². The molecule has 1 aromatic heterocycles. The molecule has 60 valence electrons. The van der Waals surface area contributed by atoms with E-state index in [-0.39, 0.29) is 0 Å². The van der Waals surface area contributed by atoms with Gasteiger partial charge < -0.3 is 0 Å². The van der Waals surface area contributed by atoms with Crippen molar-refractivity contribution in [3.63, 3.8) is 0 Å². The maximum absolute atomic E-state index is 4.34. The van der Waals surface area contributed by atoms with Crippen molar-refractivity contribution >= 4 is 18.0 Å². The van der Waals surface area contributed by atoms with Crippen molar-refractivity contribution in [1.82, 2.24) is 4.98 Å². The first-order chi connectivity index (χ1) is 5.86. The number of hydrogen-bond acceptors (Lipinski definition) is 2. The second-order valence-corrected chi connectivity index (χ2v) is 2.93. The molecule has 1 aliphatic rings. The maximum atomic E-state index is 4.34. The number of pyridine rings is 1. The third-order valence-electron chi connectivity index (χ3n) is 1.86. The third-order valence-corrected chi connectivity index (χ3v) is 1.86. The molecule has 0 spiro atoms. The Hall–Kier alpha value is -1.44. The molecule has 0 N–H and O–H groups in total. The lowest BCUT2D eigenvalue weighted by atomic mass is 10.1. The summed E-state index contributed by atoms with van der Waals surface area (Å²) in [5.74, 6) is 0.414. The van der Waals surface area contributed by atoms with E-state index in [0.717, 1.165) is 11.3 Å². The summed E-state index contributed by atoms with van der Waals surface area (Å²) in [4.78, 5) is 8.38. The van der Waals surface area contributed by atoms with Gasteiger partial charge >= 0.3 is 0 Å². The van der Waals surface area contributed by atoms with E-state index in [1.165, 1.54) is 0 Å². The van der Waals surface area contributed by atoms with Crippen LogP contribution >= 0.6 is 0 Å². The topological polar surface area (TPSA) is 25.2 Å². The van der Waals surface area contributed by atoms with Crippen molar-refractivity contribution in [3.8, 4) is 0 Å². The minimum absolute atomic E-state index is 0.414. The van der Waals surface area contributed by atoms with Crippen molar-refractivity contribution in [1.29, 1.82) is 0 Å². The van der Waals surface area contributed by atoms with E-state index in [1.807, 2.05) is 18.5 Å². The van der Waals surface area contributed by atoms with E-state index in [2.05, 4.69) is 29.1 Å². The van der Waals surface area contributed by atoms with Crippen LogP contribution in [0.4, 0.5) is 5.69 Å². The summed E-state index contributed by atoms with van der Waals surface area (Å²) in [5, 5.41) is 0. The molecule has 0 aliphatic carbocycles. The van der Waals surface area contributed by atoms with Crippen LogP contribution in [0.5, 0.6) is 0 Å². The summed E-state index contributed by atoms with van der Waals surface area (Å²) < 4.78 is 0. The van der Waals surface area contributed by atoms with E-state index in [1.54, 1.807) is 6.20 Å². The number of aliphatic imine (C=N–C) groups is 1. The van der Waals surface area contributed by atoms with Gasteiger partial charge in [-0.05, 0) is 6.07 Å². The van der Waals surface area contributed by atoms with E-state index < -0.39 is 0 Å². The Morgan fingerprint density at radius 3 is 3.25 bits per heavy atom. The molecule has 0 bridgehead atoms. The lowest BCUT2D eigenvalue weighted by Gasteiger charge is -1.95. The van der Waals surface area contributed by atoms with Gasteiger partial charge in [0.2, 0.25) is 0 Å². The maximum Gasteiger partial charge on any atom is 0.0728 e. The van der Waals surface area contributed by atoms with Crippen molar-refractivity contribution < 1.29 is 0 Å². The zero-order chi connectivity index (χ0) is 8.39. The van der Waals surface area contributed by atoms with Crippen molar-refractivity contribution in [3.05, 3.63) is 30.1 Å². The van der Waals surface area contributed by atoms with Crippen LogP contribution in [0.3, 0.4) is 0 Å². The Bertz CT molecular complexity index is 306. The SMILES string of the molecule is CC1C=Cc2cnccc2N=C1. The van der Waals surface area contributed by atoms with Crippen LogP contribution in [0.25, 0.3) is 6.08 Å². The van der Waals surface area contributed by atoms with Gasteiger partial charge in [0.05, 0.1) is 5.69 Å². The molecule has 0 radical (unpaired) electrons. The molecule has 1 unspecified atom stereocenters. The third kappa shape index (κ3) is 1.28. The summed E-state index contributed by atoms with van der Waals surface area (Å²) >= 11 is 0. The lowest BCUT2D eigenvalue weighted by Crippen LogP contribution is -1.86. The molecule has 2 heteroatoms. The standard InChI is InChI=1S/C10H10N2/c1-8-2-3-9-7-11-5-4-10(9)12-6-8/h2-8H,1H3. The van der Waals surface area contributed by atoms with Crippen molar-refractivity contribution in [2.24, 2.45) is 10.9 Å². The quantitative estimate of drug-likeness (QED) is 0.569. The van der Waals surface area contributed by atoms with E-state index in [9.17, 15) is 0 Å². The molecule has 0 saturated heterocycles. The highest BCUT2D eigenvalue weighted by Crippen LogP contribution is 2.21. The van der Waals surface area contributed by atoms with Gasteiger partial charge in [-0.3, -0.25) is 9.98 Å². The Kier molecular flexibility index (Phi) is 1.74. The van der Waals surface area contributed by atoms with Gasteiger partial charge in [0.15, 0.2) is 0 Å². The summed E-state index contributed by atoms with van der Waals surface area (Å²) in [6.45, 7) is 2.11.